The highest BCUT2D eigenvalue weighted by Gasteiger charge is 2.18. The molecular weight excluding hydrogens is 354 g/mol. The van der Waals surface area contributed by atoms with Gasteiger partial charge < -0.3 is 5.32 Å². The first-order chi connectivity index (χ1) is 13.6. The van der Waals surface area contributed by atoms with Crippen LogP contribution in [0.1, 0.15) is 32.0 Å². The zero-order chi connectivity index (χ0) is 19.5. The Morgan fingerprint density at radius 3 is 2.57 bits per heavy atom. The molecule has 7 heteroatoms. The van der Waals surface area contributed by atoms with Gasteiger partial charge in [0.05, 0.1) is 16.6 Å². The molecule has 1 aromatic carbocycles. The molecule has 0 spiro atoms. The zero-order valence-electron chi connectivity index (χ0n) is 15.0. The van der Waals surface area contributed by atoms with E-state index in [-0.39, 0.29) is 11.7 Å². The number of ketones is 1. The van der Waals surface area contributed by atoms with Gasteiger partial charge in [-0.3, -0.25) is 14.6 Å². The zero-order valence-corrected chi connectivity index (χ0v) is 15.0. The molecule has 136 valence electrons. The van der Waals surface area contributed by atoms with E-state index in [9.17, 15) is 9.59 Å². The summed E-state index contributed by atoms with van der Waals surface area (Å²) in [6.45, 7) is 1.84. The van der Waals surface area contributed by atoms with Crippen molar-refractivity contribution >= 4 is 28.4 Å². The number of hydrogen-bond donors (Lipinski definition) is 1. The lowest BCUT2D eigenvalue weighted by Gasteiger charge is -2.10. The molecule has 28 heavy (non-hydrogen) atoms. The standard InChI is InChI=1S/C21H15N5O2/c1-13-4-2-6-18(25-13)26-21(28)17-9-15(8-14-5-3-7-24-19(14)17)20(27)16-10-22-12-23-11-16/h2-12H,1H3,(H,25,26,28). The Bertz CT molecular complexity index is 1190. The van der Waals surface area contributed by atoms with Crippen LogP contribution in [0.4, 0.5) is 5.82 Å². The summed E-state index contributed by atoms with van der Waals surface area (Å²) in [5.41, 5.74) is 2.29. The average Bonchev–Trinajstić information content (AvgIpc) is 2.73. The van der Waals surface area contributed by atoms with E-state index >= 15 is 0 Å². The molecule has 0 radical (unpaired) electrons. The molecular formula is C21H15N5O2. The van der Waals surface area contributed by atoms with Gasteiger partial charge in [-0.25, -0.2) is 15.0 Å². The first kappa shape index (κ1) is 17.4. The van der Waals surface area contributed by atoms with E-state index in [2.05, 4.69) is 25.3 Å². The van der Waals surface area contributed by atoms with Crippen molar-refractivity contribution in [2.24, 2.45) is 0 Å². The lowest BCUT2D eigenvalue weighted by atomic mass is 9.99. The highest BCUT2D eigenvalue weighted by molar-refractivity contribution is 6.16. The molecule has 0 atom stereocenters. The van der Waals surface area contributed by atoms with Gasteiger partial charge in [0.15, 0.2) is 5.78 Å². The smallest absolute Gasteiger partial charge is 0.259 e. The predicted molar refractivity (Wildman–Crippen MR) is 104 cm³/mol. The number of benzene rings is 1. The summed E-state index contributed by atoms with van der Waals surface area (Å²) in [6.07, 6.45) is 5.85. The largest absolute Gasteiger partial charge is 0.306 e. The Labute approximate surface area is 160 Å². The van der Waals surface area contributed by atoms with E-state index in [1.807, 2.05) is 25.1 Å². The highest BCUT2D eigenvalue weighted by atomic mass is 16.1. The van der Waals surface area contributed by atoms with Gasteiger partial charge in [-0.05, 0) is 37.3 Å². The maximum absolute atomic E-state index is 12.9. The number of carbonyl (C=O) groups excluding carboxylic acids is 2. The van der Waals surface area contributed by atoms with E-state index in [4.69, 9.17) is 0 Å². The van der Waals surface area contributed by atoms with Gasteiger partial charge in [-0.2, -0.15) is 0 Å². The first-order valence-electron chi connectivity index (χ1n) is 8.55. The average molecular weight is 369 g/mol. The Hall–Kier alpha value is -4.00. The van der Waals surface area contributed by atoms with Crippen LogP contribution in [0.2, 0.25) is 0 Å². The summed E-state index contributed by atoms with van der Waals surface area (Å²) < 4.78 is 0. The van der Waals surface area contributed by atoms with Gasteiger partial charge in [-0.15, -0.1) is 0 Å². The minimum atomic E-state index is -0.388. The number of hydrogen-bond acceptors (Lipinski definition) is 6. The second-order valence-electron chi connectivity index (χ2n) is 6.17. The number of aryl methyl sites for hydroxylation is 1. The van der Waals surface area contributed by atoms with Crippen LogP contribution in [0.25, 0.3) is 10.9 Å². The number of anilines is 1. The molecule has 0 aliphatic rings. The third-order valence-electron chi connectivity index (χ3n) is 4.16. The number of aromatic nitrogens is 4. The maximum Gasteiger partial charge on any atom is 0.259 e. The molecule has 7 nitrogen and oxygen atoms in total. The minimum Gasteiger partial charge on any atom is -0.306 e. The van der Waals surface area contributed by atoms with E-state index in [1.165, 1.54) is 24.8 Å². The fourth-order valence-electron chi connectivity index (χ4n) is 2.88. The lowest BCUT2D eigenvalue weighted by molar-refractivity contribution is 0.102. The molecule has 0 saturated carbocycles. The number of fused-ring (bicyclic) bond motifs is 1. The number of nitrogens with zero attached hydrogens (tertiary/aromatic N) is 4. The molecule has 0 aliphatic carbocycles. The maximum atomic E-state index is 12.9. The van der Waals surface area contributed by atoms with Crippen LogP contribution in [0.5, 0.6) is 0 Å². The van der Waals surface area contributed by atoms with Crippen LogP contribution >= 0.6 is 0 Å². The van der Waals surface area contributed by atoms with Crippen molar-refractivity contribution < 1.29 is 9.59 Å². The normalized spacial score (nSPS) is 10.6. The minimum absolute atomic E-state index is 0.269. The lowest BCUT2D eigenvalue weighted by Crippen LogP contribution is -2.15. The number of pyridine rings is 2. The van der Waals surface area contributed by atoms with E-state index in [0.29, 0.717) is 33.4 Å². The van der Waals surface area contributed by atoms with Crippen LogP contribution < -0.4 is 5.32 Å². The SMILES string of the molecule is Cc1cccc(NC(=O)c2cc(C(=O)c3cncnc3)cc3cccnc23)n1. The van der Waals surface area contributed by atoms with Crippen molar-refractivity contribution in [2.45, 2.75) is 6.92 Å². The highest BCUT2D eigenvalue weighted by Crippen LogP contribution is 2.22. The number of nitrogens with one attached hydrogen (secondary N) is 1. The first-order valence-corrected chi connectivity index (χ1v) is 8.55. The molecule has 3 heterocycles. The third-order valence-corrected chi connectivity index (χ3v) is 4.16. The van der Waals surface area contributed by atoms with Crippen molar-refractivity contribution in [1.29, 1.82) is 0 Å². The van der Waals surface area contributed by atoms with Crippen molar-refractivity contribution in [1.82, 2.24) is 19.9 Å². The van der Waals surface area contributed by atoms with Crippen LogP contribution in [0.15, 0.2) is 67.4 Å². The van der Waals surface area contributed by atoms with E-state index in [0.717, 1.165) is 5.69 Å². The third kappa shape index (κ3) is 3.45. The van der Waals surface area contributed by atoms with Gasteiger partial charge in [0.25, 0.3) is 5.91 Å². The molecule has 0 fully saturated rings. The van der Waals surface area contributed by atoms with Crippen LogP contribution in [-0.4, -0.2) is 31.6 Å². The molecule has 1 N–H and O–H groups in total. The molecule has 4 rings (SSSR count). The fraction of sp³-hybridized carbons (Fsp3) is 0.0476. The Morgan fingerprint density at radius 2 is 1.79 bits per heavy atom. The van der Waals surface area contributed by atoms with Crippen molar-refractivity contribution in [3.63, 3.8) is 0 Å². The van der Waals surface area contributed by atoms with E-state index < -0.39 is 0 Å². The Morgan fingerprint density at radius 1 is 0.964 bits per heavy atom. The molecule has 0 aliphatic heterocycles. The molecule has 4 aromatic rings. The van der Waals surface area contributed by atoms with Crippen molar-refractivity contribution in [3.05, 3.63) is 89.8 Å². The van der Waals surface area contributed by atoms with Crippen LogP contribution in [0, 0.1) is 6.92 Å². The molecule has 0 unspecified atom stereocenters. The molecule has 0 bridgehead atoms. The van der Waals surface area contributed by atoms with Crippen LogP contribution in [-0.2, 0) is 0 Å². The number of rotatable bonds is 4. The second-order valence-corrected chi connectivity index (χ2v) is 6.17. The van der Waals surface area contributed by atoms with Crippen molar-refractivity contribution in [3.8, 4) is 0 Å². The van der Waals surface area contributed by atoms with Crippen molar-refractivity contribution in [2.75, 3.05) is 5.32 Å². The summed E-state index contributed by atoms with van der Waals surface area (Å²) in [4.78, 5) is 42.1. The summed E-state index contributed by atoms with van der Waals surface area (Å²) in [5, 5.41) is 3.46. The number of carbonyl (C=O) groups is 2. The van der Waals surface area contributed by atoms with Gasteiger partial charge in [0.1, 0.15) is 12.1 Å². The Kier molecular flexibility index (Phi) is 4.55. The van der Waals surface area contributed by atoms with Gasteiger partial charge in [0.2, 0.25) is 0 Å². The summed E-state index contributed by atoms with van der Waals surface area (Å²) in [6, 6.07) is 12.2. The quantitative estimate of drug-likeness (QED) is 0.555. The van der Waals surface area contributed by atoms with Gasteiger partial charge in [-0.1, -0.05) is 12.1 Å². The fourth-order valence-corrected chi connectivity index (χ4v) is 2.88. The second kappa shape index (κ2) is 7.32. The molecule has 1 amide bonds. The summed E-state index contributed by atoms with van der Waals surface area (Å²) in [5.74, 6) is -0.225. The monoisotopic (exact) mass is 369 g/mol. The Balaban J connectivity index is 1.78. The predicted octanol–water partition coefficient (Wildman–Crippen LogP) is 3.21. The van der Waals surface area contributed by atoms with Gasteiger partial charge >= 0.3 is 0 Å². The summed E-state index contributed by atoms with van der Waals surface area (Å²) >= 11 is 0. The molecule has 0 saturated heterocycles. The van der Waals surface area contributed by atoms with Crippen LogP contribution in [0.3, 0.4) is 0 Å². The van der Waals surface area contributed by atoms with E-state index in [1.54, 1.807) is 24.4 Å². The molecule has 3 aromatic heterocycles. The summed E-state index contributed by atoms with van der Waals surface area (Å²) in [7, 11) is 0. The van der Waals surface area contributed by atoms with Gasteiger partial charge in [0, 0.05) is 35.2 Å². The topological polar surface area (TPSA) is 97.7 Å². The number of amides is 1.